The molecular weight excluding hydrogens is 290 g/mol. The Hall–Kier alpha value is -1.15. The Kier molecular flexibility index (Phi) is 6.44. The number of hydrogen-bond acceptors (Lipinski definition) is 7. The molecule has 0 amide bonds. The predicted octanol–water partition coefficient (Wildman–Crippen LogP) is 1.42. The van der Waals surface area contributed by atoms with Crippen molar-refractivity contribution >= 4 is 17.7 Å². The molecular formula is C13H23N5O2S. The third-order valence-electron chi connectivity index (χ3n) is 3.53. The highest BCUT2D eigenvalue weighted by molar-refractivity contribution is 7.99. The summed E-state index contributed by atoms with van der Waals surface area (Å²) in [6.07, 6.45) is 4.73. The molecule has 1 saturated carbocycles. The highest BCUT2D eigenvalue weighted by atomic mass is 32.2. The van der Waals surface area contributed by atoms with Gasteiger partial charge in [0.2, 0.25) is 5.16 Å². The number of ether oxygens (including phenoxy) is 1. The van der Waals surface area contributed by atoms with E-state index in [1.165, 1.54) is 24.6 Å². The maximum atomic E-state index is 11.9. The molecule has 118 valence electrons. The van der Waals surface area contributed by atoms with Crippen LogP contribution in [0, 0.1) is 0 Å². The van der Waals surface area contributed by atoms with Crippen LogP contribution in [-0.4, -0.2) is 51.1 Å². The maximum Gasteiger partial charge on any atom is 0.323 e. The number of carbonyl (C=O) groups excluding carboxylic acids is 1. The van der Waals surface area contributed by atoms with Crippen molar-refractivity contribution in [1.82, 2.24) is 25.5 Å². The minimum absolute atomic E-state index is 0.216. The van der Waals surface area contributed by atoms with Gasteiger partial charge < -0.3 is 10.1 Å². The summed E-state index contributed by atoms with van der Waals surface area (Å²) in [6, 6.07) is 0.0800. The molecule has 1 aliphatic rings. The first kappa shape index (κ1) is 16.2. The highest BCUT2D eigenvalue weighted by Crippen LogP contribution is 2.31. The molecule has 8 heteroatoms. The van der Waals surface area contributed by atoms with E-state index in [9.17, 15) is 4.79 Å². The van der Waals surface area contributed by atoms with E-state index in [2.05, 4.69) is 20.8 Å². The van der Waals surface area contributed by atoms with E-state index < -0.39 is 0 Å². The molecule has 1 heterocycles. The molecule has 1 aromatic heterocycles. The van der Waals surface area contributed by atoms with Gasteiger partial charge in [0.15, 0.2) is 0 Å². The van der Waals surface area contributed by atoms with Gasteiger partial charge in [-0.05, 0) is 36.7 Å². The average Bonchev–Trinajstić information content (AvgIpc) is 3.13. The van der Waals surface area contributed by atoms with E-state index in [0.717, 1.165) is 24.5 Å². The second kappa shape index (κ2) is 8.33. The number of nitrogens with one attached hydrogen (secondary N) is 1. The van der Waals surface area contributed by atoms with E-state index in [1.807, 2.05) is 18.5 Å². The predicted molar refractivity (Wildman–Crippen MR) is 80.1 cm³/mol. The average molecular weight is 313 g/mol. The van der Waals surface area contributed by atoms with Gasteiger partial charge in [0.05, 0.1) is 12.6 Å². The van der Waals surface area contributed by atoms with E-state index >= 15 is 0 Å². The lowest BCUT2D eigenvalue weighted by molar-refractivity contribution is -0.144. The molecule has 21 heavy (non-hydrogen) atoms. The van der Waals surface area contributed by atoms with Crippen LogP contribution in [0.15, 0.2) is 5.16 Å². The Morgan fingerprint density at radius 3 is 2.90 bits per heavy atom. The number of aromatic nitrogens is 4. The Bertz CT molecular complexity index is 448. The van der Waals surface area contributed by atoms with Crippen LogP contribution in [0.3, 0.4) is 0 Å². The molecule has 0 aliphatic heterocycles. The SMILES string of the molecule is CCNC(CSc1nnnn1C1CCCC1)C(=O)OCC. The van der Waals surface area contributed by atoms with Crippen molar-refractivity contribution in [2.45, 2.75) is 56.8 Å². The van der Waals surface area contributed by atoms with Gasteiger partial charge in [-0.1, -0.05) is 31.5 Å². The van der Waals surface area contributed by atoms with Gasteiger partial charge in [-0.3, -0.25) is 4.79 Å². The highest BCUT2D eigenvalue weighted by Gasteiger charge is 2.24. The molecule has 0 saturated heterocycles. The standard InChI is InChI=1S/C13H23N5O2S/c1-3-14-11(12(19)20-4-2)9-21-13-15-16-17-18(13)10-7-5-6-8-10/h10-11,14H,3-9H2,1-2H3. The van der Waals surface area contributed by atoms with Gasteiger partial charge in [0, 0.05) is 5.75 Å². The number of thioether (sulfide) groups is 1. The first-order valence-corrected chi connectivity index (χ1v) is 8.55. The third-order valence-corrected chi connectivity index (χ3v) is 4.56. The fourth-order valence-corrected chi connectivity index (χ4v) is 3.50. The van der Waals surface area contributed by atoms with Crippen molar-refractivity contribution in [2.24, 2.45) is 0 Å². The molecule has 1 N–H and O–H groups in total. The van der Waals surface area contributed by atoms with E-state index in [0.29, 0.717) is 18.4 Å². The topological polar surface area (TPSA) is 81.9 Å². The van der Waals surface area contributed by atoms with Crippen LogP contribution in [0.5, 0.6) is 0 Å². The minimum atomic E-state index is -0.325. The van der Waals surface area contributed by atoms with Crippen LogP contribution in [-0.2, 0) is 9.53 Å². The normalized spacial score (nSPS) is 17.0. The molecule has 1 aliphatic carbocycles. The van der Waals surface area contributed by atoms with Gasteiger partial charge in [0.1, 0.15) is 6.04 Å². The molecule has 0 radical (unpaired) electrons. The summed E-state index contributed by atoms with van der Waals surface area (Å²) in [5, 5.41) is 15.9. The summed E-state index contributed by atoms with van der Waals surface area (Å²) in [5.41, 5.74) is 0. The fourth-order valence-electron chi connectivity index (χ4n) is 2.52. The largest absolute Gasteiger partial charge is 0.465 e. The van der Waals surface area contributed by atoms with Crippen LogP contribution < -0.4 is 5.32 Å². The van der Waals surface area contributed by atoms with Crippen LogP contribution in [0.1, 0.15) is 45.6 Å². The van der Waals surface area contributed by atoms with Crippen LogP contribution >= 0.6 is 11.8 Å². The van der Waals surface area contributed by atoms with E-state index in [-0.39, 0.29) is 12.0 Å². The number of esters is 1. The van der Waals surface area contributed by atoms with Crippen molar-refractivity contribution in [3.63, 3.8) is 0 Å². The summed E-state index contributed by atoms with van der Waals surface area (Å²) in [4.78, 5) is 11.9. The van der Waals surface area contributed by atoms with E-state index in [4.69, 9.17) is 4.74 Å². The second-order valence-electron chi connectivity index (χ2n) is 5.02. The smallest absolute Gasteiger partial charge is 0.323 e. The zero-order valence-electron chi connectivity index (χ0n) is 12.6. The third kappa shape index (κ3) is 4.41. The molecule has 7 nitrogen and oxygen atoms in total. The maximum absolute atomic E-state index is 11.9. The van der Waals surface area contributed by atoms with E-state index in [1.54, 1.807) is 0 Å². The molecule has 1 fully saturated rings. The first-order chi connectivity index (χ1) is 10.3. The lowest BCUT2D eigenvalue weighted by atomic mass is 10.3. The van der Waals surface area contributed by atoms with Gasteiger partial charge in [-0.2, -0.15) is 0 Å². The first-order valence-electron chi connectivity index (χ1n) is 7.56. The van der Waals surface area contributed by atoms with Gasteiger partial charge in [-0.15, -0.1) is 5.10 Å². The van der Waals surface area contributed by atoms with Gasteiger partial charge in [0.25, 0.3) is 0 Å². The Morgan fingerprint density at radius 2 is 2.24 bits per heavy atom. The van der Waals surface area contributed by atoms with Crippen molar-refractivity contribution in [3.8, 4) is 0 Å². The van der Waals surface area contributed by atoms with Crippen molar-refractivity contribution < 1.29 is 9.53 Å². The monoisotopic (exact) mass is 313 g/mol. The van der Waals surface area contributed by atoms with Gasteiger partial charge in [-0.25, -0.2) is 4.68 Å². The molecule has 0 aromatic carbocycles. The van der Waals surface area contributed by atoms with Crippen molar-refractivity contribution in [2.75, 3.05) is 18.9 Å². The summed E-state index contributed by atoms with van der Waals surface area (Å²) in [6.45, 7) is 4.90. The van der Waals surface area contributed by atoms with Crippen molar-refractivity contribution in [3.05, 3.63) is 0 Å². The number of rotatable bonds is 8. The quantitative estimate of drug-likeness (QED) is 0.574. The molecule has 1 unspecified atom stereocenters. The zero-order valence-corrected chi connectivity index (χ0v) is 13.4. The minimum Gasteiger partial charge on any atom is -0.465 e. The molecule has 0 bridgehead atoms. The molecule has 0 spiro atoms. The Balaban J connectivity index is 1.94. The molecule has 1 aromatic rings. The number of nitrogens with zero attached hydrogens (tertiary/aromatic N) is 4. The summed E-state index contributed by atoms with van der Waals surface area (Å²) in [7, 11) is 0. The molecule has 1 atom stereocenters. The summed E-state index contributed by atoms with van der Waals surface area (Å²) >= 11 is 1.51. The van der Waals surface area contributed by atoms with Crippen LogP contribution in [0.4, 0.5) is 0 Å². The lowest BCUT2D eigenvalue weighted by Crippen LogP contribution is -2.40. The Morgan fingerprint density at radius 1 is 1.48 bits per heavy atom. The summed E-state index contributed by atoms with van der Waals surface area (Å²) < 4.78 is 6.99. The Labute approximate surface area is 129 Å². The van der Waals surface area contributed by atoms with Crippen LogP contribution in [0.2, 0.25) is 0 Å². The lowest BCUT2D eigenvalue weighted by Gasteiger charge is -2.16. The second-order valence-corrected chi connectivity index (χ2v) is 6.00. The zero-order chi connectivity index (χ0) is 15.1. The van der Waals surface area contributed by atoms with Gasteiger partial charge >= 0.3 is 5.97 Å². The summed E-state index contributed by atoms with van der Waals surface area (Å²) in [5.74, 6) is 0.353. The number of likely N-dealkylation sites (N-methyl/N-ethyl adjacent to an activating group) is 1. The number of hydrogen-bond donors (Lipinski definition) is 1. The molecule has 2 rings (SSSR count). The van der Waals surface area contributed by atoms with Crippen LogP contribution in [0.25, 0.3) is 0 Å². The van der Waals surface area contributed by atoms with Crippen molar-refractivity contribution in [1.29, 1.82) is 0 Å². The number of carbonyl (C=O) groups is 1. The number of tetrazole rings is 1. The fraction of sp³-hybridized carbons (Fsp3) is 0.846.